The van der Waals surface area contributed by atoms with E-state index in [4.69, 9.17) is 0 Å². The molecule has 0 N–H and O–H groups in total. The van der Waals surface area contributed by atoms with Crippen molar-refractivity contribution in [2.24, 2.45) is 0 Å². The summed E-state index contributed by atoms with van der Waals surface area (Å²) in [5.74, 6) is -1.65. The van der Waals surface area contributed by atoms with Crippen molar-refractivity contribution >= 4 is 21.8 Å². The number of benzene rings is 1. The molecule has 1 amide bonds. The summed E-state index contributed by atoms with van der Waals surface area (Å²) >= 11 is 3.02. The highest BCUT2D eigenvalue weighted by molar-refractivity contribution is 9.10. The molecule has 0 aliphatic carbocycles. The standard InChI is InChI=1S/C14H9BrF2N2O/c15-9-4-11(16)10(12(17)5-9)7-19-6-8-2-1-3-18-13(8)14(19)20/h1-5H,6-7H2. The molecular weight excluding hydrogens is 330 g/mol. The van der Waals surface area contributed by atoms with E-state index in [-0.39, 0.29) is 18.0 Å². The van der Waals surface area contributed by atoms with E-state index in [1.807, 2.05) is 0 Å². The van der Waals surface area contributed by atoms with Gasteiger partial charge in [-0.25, -0.2) is 8.78 Å². The van der Waals surface area contributed by atoms with E-state index in [9.17, 15) is 13.6 Å². The fourth-order valence-electron chi connectivity index (χ4n) is 2.23. The largest absolute Gasteiger partial charge is 0.328 e. The number of halogens is 3. The lowest BCUT2D eigenvalue weighted by Crippen LogP contribution is -2.24. The molecule has 0 unspecified atom stereocenters. The van der Waals surface area contributed by atoms with Gasteiger partial charge in [0, 0.05) is 28.3 Å². The van der Waals surface area contributed by atoms with Crippen LogP contribution >= 0.6 is 15.9 Å². The first-order chi connectivity index (χ1) is 9.56. The van der Waals surface area contributed by atoms with Crippen LogP contribution in [0.4, 0.5) is 8.78 Å². The van der Waals surface area contributed by atoms with Crippen molar-refractivity contribution in [2.45, 2.75) is 13.1 Å². The van der Waals surface area contributed by atoms with Gasteiger partial charge in [-0.3, -0.25) is 9.78 Å². The molecule has 1 aliphatic rings. The van der Waals surface area contributed by atoms with Gasteiger partial charge in [-0.05, 0) is 18.2 Å². The number of carbonyl (C=O) groups excluding carboxylic acids is 1. The number of fused-ring (bicyclic) bond motifs is 1. The minimum Gasteiger partial charge on any atom is -0.328 e. The Morgan fingerprint density at radius 3 is 2.65 bits per heavy atom. The van der Waals surface area contributed by atoms with Gasteiger partial charge in [0.2, 0.25) is 0 Å². The highest BCUT2D eigenvalue weighted by atomic mass is 79.9. The summed E-state index contributed by atoms with van der Waals surface area (Å²) in [5.41, 5.74) is 1.01. The summed E-state index contributed by atoms with van der Waals surface area (Å²) in [5, 5.41) is 0. The van der Waals surface area contributed by atoms with Gasteiger partial charge in [0.15, 0.2) is 0 Å². The molecule has 0 fully saturated rings. The van der Waals surface area contributed by atoms with Crippen LogP contribution in [0.2, 0.25) is 0 Å². The summed E-state index contributed by atoms with van der Waals surface area (Å²) in [6.45, 7) is 0.205. The zero-order valence-electron chi connectivity index (χ0n) is 10.2. The van der Waals surface area contributed by atoms with Crippen molar-refractivity contribution in [3.8, 4) is 0 Å². The van der Waals surface area contributed by atoms with Gasteiger partial charge in [-0.1, -0.05) is 22.0 Å². The van der Waals surface area contributed by atoms with Crippen LogP contribution in [0.15, 0.2) is 34.9 Å². The van der Waals surface area contributed by atoms with Crippen molar-refractivity contribution in [1.82, 2.24) is 9.88 Å². The molecule has 2 heterocycles. The Morgan fingerprint density at radius 1 is 1.30 bits per heavy atom. The number of hydrogen-bond donors (Lipinski definition) is 0. The maximum atomic E-state index is 13.8. The molecule has 1 aromatic heterocycles. The van der Waals surface area contributed by atoms with Gasteiger partial charge in [0.05, 0.1) is 6.54 Å². The summed E-state index contributed by atoms with van der Waals surface area (Å²) in [6.07, 6.45) is 1.53. The summed E-state index contributed by atoms with van der Waals surface area (Å²) in [4.78, 5) is 17.5. The second kappa shape index (κ2) is 4.94. The van der Waals surface area contributed by atoms with Crippen LogP contribution in [-0.4, -0.2) is 15.8 Å². The predicted octanol–water partition coefficient (Wildman–Crippen LogP) is 3.28. The molecule has 3 rings (SSSR count). The van der Waals surface area contributed by atoms with Crippen LogP contribution in [0, 0.1) is 11.6 Å². The Balaban J connectivity index is 1.90. The molecule has 0 saturated heterocycles. The summed E-state index contributed by atoms with van der Waals surface area (Å²) in [6, 6.07) is 5.89. The van der Waals surface area contributed by atoms with Crippen LogP contribution in [-0.2, 0) is 13.1 Å². The van der Waals surface area contributed by atoms with Crippen molar-refractivity contribution < 1.29 is 13.6 Å². The molecule has 0 atom stereocenters. The van der Waals surface area contributed by atoms with E-state index in [1.165, 1.54) is 23.2 Å². The molecule has 1 aliphatic heterocycles. The van der Waals surface area contributed by atoms with Crippen LogP contribution in [0.5, 0.6) is 0 Å². The third-order valence-corrected chi connectivity index (χ3v) is 3.65. The number of amides is 1. The van der Waals surface area contributed by atoms with Crippen LogP contribution in [0.25, 0.3) is 0 Å². The number of hydrogen-bond acceptors (Lipinski definition) is 2. The molecule has 0 spiro atoms. The Labute approximate surface area is 122 Å². The number of aromatic nitrogens is 1. The Hall–Kier alpha value is -1.82. The van der Waals surface area contributed by atoms with Crippen molar-refractivity contribution in [3.05, 3.63) is 63.4 Å². The predicted molar refractivity (Wildman–Crippen MR) is 71.9 cm³/mol. The normalized spacial score (nSPS) is 13.8. The number of rotatable bonds is 2. The minimum atomic E-state index is -0.673. The highest BCUT2D eigenvalue weighted by Gasteiger charge is 2.29. The first kappa shape index (κ1) is 13.2. The number of carbonyl (C=O) groups is 1. The molecule has 20 heavy (non-hydrogen) atoms. The second-order valence-corrected chi connectivity index (χ2v) is 5.44. The maximum Gasteiger partial charge on any atom is 0.273 e. The van der Waals surface area contributed by atoms with Gasteiger partial charge in [-0.15, -0.1) is 0 Å². The zero-order chi connectivity index (χ0) is 14.3. The average molecular weight is 339 g/mol. The van der Waals surface area contributed by atoms with Crippen molar-refractivity contribution in [1.29, 1.82) is 0 Å². The molecule has 6 heteroatoms. The van der Waals surface area contributed by atoms with Crippen molar-refractivity contribution in [2.75, 3.05) is 0 Å². The molecular formula is C14H9BrF2N2O. The third-order valence-electron chi connectivity index (χ3n) is 3.20. The van der Waals surface area contributed by atoms with Crippen LogP contribution in [0.1, 0.15) is 21.6 Å². The van der Waals surface area contributed by atoms with E-state index in [0.717, 1.165) is 5.56 Å². The van der Waals surface area contributed by atoms with E-state index < -0.39 is 11.6 Å². The molecule has 0 radical (unpaired) electrons. The highest BCUT2D eigenvalue weighted by Crippen LogP contribution is 2.26. The fraction of sp³-hybridized carbons (Fsp3) is 0.143. The lowest BCUT2D eigenvalue weighted by molar-refractivity contribution is 0.0759. The van der Waals surface area contributed by atoms with Gasteiger partial charge >= 0.3 is 0 Å². The van der Waals surface area contributed by atoms with Gasteiger partial charge in [0.25, 0.3) is 5.91 Å². The molecule has 0 saturated carbocycles. The monoisotopic (exact) mass is 338 g/mol. The molecule has 2 aromatic rings. The molecule has 3 nitrogen and oxygen atoms in total. The van der Waals surface area contributed by atoms with E-state index in [1.54, 1.807) is 12.1 Å². The van der Waals surface area contributed by atoms with Gasteiger partial charge in [-0.2, -0.15) is 0 Å². The first-order valence-corrected chi connectivity index (χ1v) is 6.72. The fourth-order valence-corrected chi connectivity index (χ4v) is 2.63. The Kier molecular flexibility index (Phi) is 3.25. The summed E-state index contributed by atoms with van der Waals surface area (Å²) < 4.78 is 27.9. The molecule has 0 bridgehead atoms. The third kappa shape index (κ3) is 2.20. The number of pyridine rings is 1. The smallest absolute Gasteiger partial charge is 0.273 e. The Bertz CT molecular complexity index is 682. The topological polar surface area (TPSA) is 33.2 Å². The summed E-state index contributed by atoms with van der Waals surface area (Å²) in [7, 11) is 0. The molecule has 102 valence electrons. The van der Waals surface area contributed by atoms with Crippen LogP contribution < -0.4 is 0 Å². The van der Waals surface area contributed by atoms with Gasteiger partial charge < -0.3 is 4.90 Å². The van der Waals surface area contributed by atoms with E-state index in [0.29, 0.717) is 16.7 Å². The van der Waals surface area contributed by atoms with E-state index in [2.05, 4.69) is 20.9 Å². The number of nitrogens with zero attached hydrogens (tertiary/aromatic N) is 2. The molecule has 1 aromatic carbocycles. The van der Waals surface area contributed by atoms with Crippen molar-refractivity contribution in [3.63, 3.8) is 0 Å². The quantitative estimate of drug-likeness (QED) is 0.841. The first-order valence-electron chi connectivity index (χ1n) is 5.93. The van der Waals surface area contributed by atoms with E-state index >= 15 is 0 Å². The Morgan fingerprint density at radius 2 is 2.00 bits per heavy atom. The second-order valence-electron chi connectivity index (χ2n) is 4.52. The zero-order valence-corrected chi connectivity index (χ0v) is 11.8. The van der Waals surface area contributed by atoms with Gasteiger partial charge in [0.1, 0.15) is 17.3 Å². The SMILES string of the molecule is O=C1c2ncccc2CN1Cc1c(F)cc(Br)cc1F. The average Bonchev–Trinajstić information content (AvgIpc) is 2.71. The lowest BCUT2D eigenvalue weighted by atomic mass is 10.2. The minimum absolute atomic E-state index is 0.111. The van der Waals surface area contributed by atoms with Crippen LogP contribution in [0.3, 0.4) is 0 Å². The maximum absolute atomic E-state index is 13.8. The lowest BCUT2D eigenvalue weighted by Gasteiger charge is -2.16.